The molecule has 0 amide bonds. The van der Waals surface area contributed by atoms with E-state index in [9.17, 15) is 9.59 Å². The zero-order valence-corrected chi connectivity index (χ0v) is 14.0. The first-order chi connectivity index (χ1) is 11.5. The van der Waals surface area contributed by atoms with Crippen LogP contribution in [0.25, 0.3) is 11.1 Å². The lowest BCUT2D eigenvalue weighted by atomic mass is 9.95. The van der Waals surface area contributed by atoms with Crippen LogP contribution in [0, 0.1) is 0 Å². The Labute approximate surface area is 142 Å². The molecule has 0 bridgehead atoms. The Morgan fingerprint density at radius 1 is 0.625 bits per heavy atom. The molecule has 0 saturated heterocycles. The monoisotopic (exact) mass is 316 g/mol. The molecule has 0 heterocycles. The van der Waals surface area contributed by atoms with E-state index >= 15 is 0 Å². The number of hydrogen-bond acceptors (Lipinski definition) is 2. The van der Waals surface area contributed by atoms with Gasteiger partial charge >= 0.3 is 0 Å². The van der Waals surface area contributed by atoms with E-state index in [-0.39, 0.29) is 11.6 Å². The summed E-state index contributed by atoms with van der Waals surface area (Å²) < 4.78 is 0. The second kappa shape index (κ2) is 7.51. The molecular weight excluding hydrogens is 296 g/mol. The molecule has 0 atom stereocenters. The van der Waals surface area contributed by atoms with Gasteiger partial charge in [0, 0.05) is 11.1 Å². The normalized spacial score (nSPS) is 11.4. The SMILES string of the molecule is C=CC(=O)c1ccc(C(C)=C(C)c2ccc(C(=O)C=C)cc2)cc1. The molecule has 0 aromatic heterocycles. The van der Waals surface area contributed by atoms with Gasteiger partial charge in [0.2, 0.25) is 0 Å². The summed E-state index contributed by atoms with van der Waals surface area (Å²) in [6, 6.07) is 15.0. The molecule has 2 aromatic rings. The van der Waals surface area contributed by atoms with E-state index in [1.807, 2.05) is 62.4 Å². The van der Waals surface area contributed by atoms with Gasteiger partial charge in [-0.2, -0.15) is 0 Å². The van der Waals surface area contributed by atoms with Gasteiger partial charge in [-0.15, -0.1) is 0 Å². The van der Waals surface area contributed by atoms with Gasteiger partial charge in [0.25, 0.3) is 0 Å². The fourth-order valence-electron chi connectivity index (χ4n) is 2.44. The van der Waals surface area contributed by atoms with Crippen LogP contribution in [0.15, 0.2) is 73.8 Å². The third kappa shape index (κ3) is 3.66. The molecule has 2 heteroatoms. The molecule has 24 heavy (non-hydrogen) atoms. The standard InChI is InChI=1S/C22H20O2/c1-5-21(23)19-11-7-17(8-12-19)15(3)16(4)18-9-13-20(14-10-18)22(24)6-2/h5-14H,1-2H2,3-4H3. The molecule has 2 rings (SSSR count). The van der Waals surface area contributed by atoms with Gasteiger partial charge in [-0.25, -0.2) is 0 Å². The minimum atomic E-state index is -0.0811. The van der Waals surface area contributed by atoms with Gasteiger partial charge in [-0.1, -0.05) is 61.7 Å². The van der Waals surface area contributed by atoms with Crippen LogP contribution in [0.2, 0.25) is 0 Å². The van der Waals surface area contributed by atoms with E-state index < -0.39 is 0 Å². The molecular formula is C22H20O2. The van der Waals surface area contributed by atoms with Crippen LogP contribution in [-0.2, 0) is 0 Å². The predicted molar refractivity (Wildman–Crippen MR) is 100 cm³/mol. The molecule has 0 unspecified atom stereocenters. The Kier molecular flexibility index (Phi) is 5.43. The number of carbonyl (C=O) groups is 2. The molecule has 2 nitrogen and oxygen atoms in total. The predicted octanol–water partition coefficient (Wildman–Crippen LogP) is 5.37. The van der Waals surface area contributed by atoms with Gasteiger partial charge in [0.1, 0.15) is 0 Å². The first-order valence-corrected chi connectivity index (χ1v) is 7.69. The highest BCUT2D eigenvalue weighted by molar-refractivity contribution is 6.05. The van der Waals surface area contributed by atoms with E-state index in [1.165, 1.54) is 12.2 Å². The van der Waals surface area contributed by atoms with Gasteiger partial charge in [0.15, 0.2) is 11.6 Å². The summed E-state index contributed by atoms with van der Waals surface area (Å²) in [5, 5.41) is 0. The maximum atomic E-state index is 11.6. The van der Waals surface area contributed by atoms with Crippen LogP contribution in [0.3, 0.4) is 0 Å². The lowest BCUT2D eigenvalue weighted by Crippen LogP contribution is -1.95. The first kappa shape index (κ1) is 17.4. The summed E-state index contributed by atoms with van der Waals surface area (Å²) in [5.74, 6) is -0.162. The number of benzene rings is 2. The maximum Gasteiger partial charge on any atom is 0.185 e. The highest BCUT2D eigenvalue weighted by Gasteiger charge is 2.07. The van der Waals surface area contributed by atoms with E-state index in [4.69, 9.17) is 0 Å². The average molecular weight is 316 g/mol. The van der Waals surface area contributed by atoms with Crippen molar-refractivity contribution in [3.63, 3.8) is 0 Å². The van der Waals surface area contributed by atoms with E-state index in [2.05, 4.69) is 13.2 Å². The van der Waals surface area contributed by atoms with Gasteiger partial charge < -0.3 is 0 Å². The van der Waals surface area contributed by atoms with Crippen LogP contribution in [0.4, 0.5) is 0 Å². The number of rotatable bonds is 6. The van der Waals surface area contributed by atoms with Crippen molar-refractivity contribution in [2.24, 2.45) is 0 Å². The topological polar surface area (TPSA) is 34.1 Å². The van der Waals surface area contributed by atoms with Crippen molar-refractivity contribution in [3.05, 3.63) is 96.1 Å². The minimum absolute atomic E-state index is 0.0811. The fourth-order valence-corrected chi connectivity index (χ4v) is 2.44. The van der Waals surface area contributed by atoms with Gasteiger partial charge in [0.05, 0.1) is 0 Å². The summed E-state index contributed by atoms with van der Waals surface area (Å²) in [7, 11) is 0. The van der Waals surface area contributed by atoms with Crippen molar-refractivity contribution in [2.75, 3.05) is 0 Å². The van der Waals surface area contributed by atoms with Crippen molar-refractivity contribution < 1.29 is 9.59 Å². The quantitative estimate of drug-likeness (QED) is 0.407. The lowest BCUT2D eigenvalue weighted by Gasteiger charge is -2.10. The van der Waals surface area contributed by atoms with Crippen molar-refractivity contribution in [2.45, 2.75) is 13.8 Å². The van der Waals surface area contributed by atoms with Crippen LogP contribution < -0.4 is 0 Å². The summed E-state index contributed by atoms with van der Waals surface area (Å²) in [4.78, 5) is 23.2. The summed E-state index contributed by atoms with van der Waals surface area (Å²) in [6.45, 7) is 11.1. The Morgan fingerprint density at radius 2 is 0.875 bits per heavy atom. The van der Waals surface area contributed by atoms with Crippen molar-refractivity contribution >= 4 is 22.7 Å². The zero-order valence-electron chi connectivity index (χ0n) is 14.0. The molecule has 0 spiro atoms. The number of carbonyl (C=O) groups excluding carboxylic acids is 2. The van der Waals surface area contributed by atoms with Crippen LogP contribution in [-0.4, -0.2) is 11.6 Å². The third-order valence-corrected chi connectivity index (χ3v) is 4.14. The smallest absolute Gasteiger partial charge is 0.185 e. The van der Waals surface area contributed by atoms with Crippen LogP contribution in [0.1, 0.15) is 45.7 Å². The molecule has 0 radical (unpaired) electrons. The average Bonchev–Trinajstić information content (AvgIpc) is 2.65. The van der Waals surface area contributed by atoms with E-state index in [1.54, 1.807) is 0 Å². The zero-order chi connectivity index (χ0) is 17.7. The molecule has 0 N–H and O–H groups in total. The molecule has 0 aliphatic carbocycles. The number of allylic oxidation sites excluding steroid dienone is 4. The van der Waals surface area contributed by atoms with Crippen molar-refractivity contribution in [1.29, 1.82) is 0 Å². The minimum Gasteiger partial charge on any atom is -0.289 e. The molecule has 120 valence electrons. The summed E-state index contributed by atoms with van der Waals surface area (Å²) >= 11 is 0. The van der Waals surface area contributed by atoms with Crippen LogP contribution >= 0.6 is 0 Å². The second-order valence-electron chi connectivity index (χ2n) is 5.54. The summed E-state index contributed by atoms with van der Waals surface area (Å²) in [5.41, 5.74) is 5.61. The van der Waals surface area contributed by atoms with Crippen molar-refractivity contribution in [1.82, 2.24) is 0 Å². The van der Waals surface area contributed by atoms with Crippen LogP contribution in [0.5, 0.6) is 0 Å². The Hall–Kier alpha value is -3.00. The lowest BCUT2D eigenvalue weighted by molar-refractivity contribution is 0.103. The van der Waals surface area contributed by atoms with Crippen molar-refractivity contribution in [3.8, 4) is 0 Å². The Bertz CT molecular complexity index is 748. The first-order valence-electron chi connectivity index (χ1n) is 7.69. The Morgan fingerprint density at radius 3 is 1.12 bits per heavy atom. The molecule has 0 aliphatic heterocycles. The van der Waals surface area contributed by atoms with Gasteiger partial charge in [-0.05, 0) is 48.3 Å². The van der Waals surface area contributed by atoms with E-state index in [0.717, 1.165) is 22.3 Å². The molecule has 2 aromatic carbocycles. The number of ketones is 2. The maximum absolute atomic E-state index is 11.6. The molecule has 0 fully saturated rings. The van der Waals surface area contributed by atoms with Gasteiger partial charge in [-0.3, -0.25) is 9.59 Å². The third-order valence-electron chi connectivity index (χ3n) is 4.14. The largest absolute Gasteiger partial charge is 0.289 e. The van der Waals surface area contributed by atoms with E-state index in [0.29, 0.717) is 11.1 Å². The molecule has 0 aliphatic rings. The molecule has 0 saturated carbocycles. The summed E-state index contributed by atoms with van der Waals surface area (Å²) in [6.07, 6.45) is 2.63. The highest BCUT2D eigenvalue weighted by Crippen LogP contribution is 2.26. The second-order valence-corrected chi connectivity index (χ2v) is 5.54. The Balaban J connectivity index is 2.33. The number of hydrogen-bond donors (Lipinski definition) is 0. The fraction of sp³-hybridized carbons (Fsp3) is 0.0909. The highest BCUT2D eigenvalue weighted by atomic mass is 16.1.